The van der Waals surface area contributed by atoms with Crippen LogP contribution in [0.3, 0.4) is 0 Å². The molecule has 2 N–H and O–H groups in total. The number of hydrogen-bond acceptors (Lipinski definition) is 6. The number of nitrogens with one attached hydrogen (secondary N) is 1. The van der Waals surface area contributed by atoms with Gasteiger partial charge in [-0.3, -0.25) is 14.6 Å². The first-order valence-electron chi connectivity index (χ1n) is 18.5. The lowest BCUT2D eigenvalue weighted by molar-refractivity contribution is -0.123. The Balaban J connectivity index is 1.48. The standard InChI is InChI=1S/C43H48Cl2FN3O4/c1-42(2,3)26-36-43(32-18-17-30(44)25-34(32)47-41(43)51)37(31-15-10-16-33(45)38(31)46)35(27-53-24-21-48-19-22-52-23-20-48)49(36)39(28-11-6-4-7-12-28)40(50)29-13-8-5-9-14-29/h4-18,25,35-37,39-40,50H,19-24,26-27H2,1-3H3,(H,47,51)/t35-,36+,37-,39+,40-,43-/m0/s1. The monoisotopic (exact) mass is 759 g/mol. The Morgan fingerprint density at radius 1 is 0.962 bits per heavy atom. The van der Waals surface area contributed by atoms with E-state index in [9.17, 15) is 5.11 Å². The van der Waals surface area contributed by atoms with E-state index < -0.39 is 41.4 Å². The number of likely N-dealkylation sites (tertiary alicyclic amines) is 1. The van der Waals surface area contributed by atoms with Gasteiger partial charge in [0.15, 0.2) is 0 Å². The molecule has 3 aliphatic rings. The molecule has 280 valence electrons. The average molecular weight is 761 g/mol. The first kappa shape index (κ1) is 38.0. The zero-order chi connectivity index (χ0) is 37.3. The van der Waals surface area contributed by atoms with E-state index in [1.54, 1.807) is 24.3 Å². The summed E-state index contributed by atoms with van der Waals surface area (Å²) in [4.78, 5) is 19.8. The van der Waals surface area contributed by atoms with Crippen molar-refractivity contribution >= 4 is 34.8 Å². The summed E-state index contributed by atoms with van der Waals surface area (Å²) in [5.74, 6) is -1.58. The van der Waals surface area contributed by atoms with E-state index in [0.717, 1.165) is 29.8 Å². The van der Waals surface area contributed by atoms with Gasteiger partial charge in [-0.25, -0.2) is 4.39 Å². The molecular formula is C43H48Cl2FN3O4. The second-order valence-electron chi connectivity index (χ2n) is 15.7. The molecule has 2 saturated heterocycles. The number of morpholine rings is 1. The number of benzene rings is 4. The molecule has 0 bridgehead atoms. The summed E-state index contributed by atoms with van der Waals surface area (Å²) in [5.41, 5.74) is 1.67. The van der Waals surface area contributed by atoms with Gasteiger partial charge >= 0.3 is 0 Å². The summed E-state index contributed by atoms with van der Waals surface area (Å²) in [7, 11) is 0. The van der Waals surface area contributed by atoms with Crippen molar-refractivity contribution in [1.82, 2.24) is 9.80 Å². The molecule has 0 aliphatic carbocycles. The lowest BCUT2D eigenvalue weighted by atomic mass is 9.62. The van der Waals surface area contributed by atoms with Crippen LogP contribution in [0.15, 0.2) is 97.1 Å². The normalized spacial score (nSPS) is 24.7. The van der Waals surface area contributed by atoms with E-state index in [1.165, 1.54) is 6.07 Å². The molecular weight excluding hydrogens is 712 g/mol. The number of anilines is 1. The molecule has 1 spiro atoms. The van der Waals surface area contributed by atoms with E-state index in [2.05, 4.69) is 35.9 Å². The number of carbonyl (C=O) groups is 1. The Labute approximate surface area is 322 Å². The number of fused-ring (bicyclic) bond motifs is 2. The fraction of sp³-hybridized carbons (Fsp3) is 0.419. The summed E-state index contributed by atoms with van der Waals surface area (Å²) in [6, 6.07) is 28.3. The van der Waals surface area contributed by atoms with Crippen LogP contribution in [0.4, 0.5) is 10.1 Å². The van der Waals surface area contributed by atoms with Gasteiger partial charge in [-0.2, -0.15) is 0 Å². The van der Waals surface area contributed by atoms with E-state index in [4.69, 9.17) is 32.7 Å². The molecule has 2 fully saturated rings. The second kappa shape index (κ2) is 15.8. The summed E-state index contributed by atoms with van der Waals surface area (Å²) in [6.45, 7) is 10.8. The van der Waals surface area contributed by atoms with Gasteiger partial charge in [0.05, 0.1) is 43.6 Å². The fourth-order valence-electron chi connectivity index (χ4n) is 8.98. The third-order valence-electron chi connectivity index (χ3n) is 11.2. The van der Waals surface area contributed by atoms with Gasteiger partial charge < -0.3 is 19.9 Å². The predicted octanol–water partition coefficient (Wildman–Crippen LogP) is 8.42. The van der Waals surface area contributed by atoms with Crippen LogP contribution in [0.5, 0.6) is 0 Å². The minimum Gasteiger partial charge on any atom is -0.386 e. The summed E-state index contributed by atoms with van der Waals surface area (Å²) >= 11 is 13.1. The van der Waals surface area contributed by atoms with Crippen LogP contribution in [0, 0.1) is 11.2 Å². The van der Waals surface area contributed by atoms with Crippen LogP contribution < -0.4 is 5.32 Å². The van der Waals surface area contributed by atoms with Crippen molar-refractivity contribution in [2.24, 2.45) is 5.41 Å². The number of carbonyl (C=O) groups excluding carboxylic acids is 1. The first-order valence-corrected chi connectivity index (χ1v) is 19.2. The van der Waals surface area contributed by atoms with Crippen molar-refractivity contribution in [3.63, 3.8) is 0 Å². The molecule has 1 amide bonds. The van der Waals surface area contributed by atoms with Gasteiger partial charge in [0.25, 0.3) is 0 Å². The molecule has 3 heterocycles. The molecule has 3 aliphatic heterocycles. The van der Waals surface area contributed by atoms with E-state index >= 15 is 9.18 Å². The van der Waals surface area contributed by atoms with Crippen LogP contribution in [0.1, 0.15) is 67.5 Å². The van der Waals surface area contributed by atoms with Gasteiger partial charge in [-0.05, 0) is 52.3 Å². The zero-order valence-electron chi connectivity index (χ0n) is 30.5. The Morgan fingerprint density at radius 3 is 2.32 bits per heavy atom. The molecule has 0 aromatic heterocycles. The predicted molar refractivity (Wildman–Crippen MR) is 208 cm³/mol. The molecule has 53 heavy (non-hydrogen) atoms. The minimum atomic E-state index is -1.32. The van der Waals surface area contributed by atoms with E-state index in [1.807, 2.05) is 66.7 Å². The van der Waals surface area contributed by atoms with Crippen LogP contribution in [0.2, 0.25) is 10.0 Å². The maximum Gasteiger partial charge on any atom is 0.237 e. The lowest BCUT2D eigenvalue weighted by Gasteiger charge is -2.44. The van der Waals surface area contributed by atoms with E-state index in [-0.39, 0.29) is 23.0 Å². The number of aliphatic hydroxyl groups excluding tert-OH is 1. The molecule has 4 aromatic rings. The minimum absolute atomic E-state index is 0.0193. The molecule has 6 atom stereocenters. The smallest absolute Gasteiger partial charge is 0.237 e. The quantitative estimate of drug-likeness (QED) is 0.150. The Kier molecular flexibility index (Phi) is 11.3. The number of halogens is 3. The third kappa shape index (κ3) is 7.40. The molecule has 7 nitrogen and oxygen atoms in total. The lowest BCUT2D eigenvalue weighted by Crippen LogP contribution is -2.52. The maximum atomic E-state index is 16.8. The van der Waals surface area contributed by atoms with Gasteiger partial charge in [0.2, 0.25) is 5.91 Å². The van der Waals surface area contributed by atoms with Gasteiger partial charge in [0.1, 0.15) is 11.2 Å². The number of hydrogen-bond donors (Lipinski definition) is 2. The van der Waals surface area contributed by atoms with Gasteiger partial charge in [0, 0.05) is 48.3 Å². The Bertz CT molecular complexity index is 1890. The fourth-order valence-corrected chi connectivity index (χ4v) is 9.34. The average Bonchev–Trinajstić information content (AvgIpc) is 3.58. The summed E-state index contributed by atoms with van der Waals surface area (Å²) in [6.07, 6.45) is -0.470. The Hall–Kier alpha value is -3.34. The van der Waals surface area contributed by atoms with Crippen LogP contribution in [0.25, 0.3) is 0 Å². The van der Waals surface area contributed by atoms with Crippen molar-refractivity contribution in [1.29, 1.82) is 0 Å². The topological polar surface area (TPSA) is 74.3 Å². The van der Waals surface area contributed by atoms with Crippen molar-refractivity contribution in [2.45, 2.75) is 62.8 Å². The van der Waals surface area contributed by atoms with Crippen LogP contribution in [-0.2, 0) is 19.7 Å². The van der Waals surface area contributed by atoms with Crippen molar-refractivity contribution in [2.75, 3.05) is 51.4 Å². The number of aliphatic hydroxyl groups is 1. The molecule has 10 heteroatoms. The zero-order valence-corrected chi connectivity index (χ0v) is 32.0. The summed E-state index contributed by atoms with van der Waals surface area (Å²) < 4.78 is 29.0. The molecule has 7 rings (SSSR count). The number of rotatable bonds is 11. The maximum absolute atomic E-state index is 16.8. The Morgan fingerprint density at radius 2 is 1.64 bits per heavy atom. The molecule has 0 saturated carbocycles. The number of nitrogens with zero attached hydrogens (tertiary/aromatic N) is 2. The van der Waals surface area contributed by atoms with Crippen molar-refractivity contribution in [3.8, 4) is 0 Å². The second-order valence-corrected chi connectivity index (χ2v) is 16.5. The van der Waals surface area contributed by atoms with Crippen molar-refractivity contribution in [3.05, 3.63) is 135 Å². The highest BCUT2D eigenvalue weighted by Crippen LogP contribution is 2.63. The molecule has 0 radical (unpaired) electrons. The summed E-state index contributed by atoms with van der Waals surface area (Å²) in [5, 5.41) is 16.3. The highest BCUT2D eigenvalue weighted by molar-refractivity contribution is 6.31. The highest BCUT2D eigenvalue weighted by atomic mass is 35.5. The SMILES string of the molecule is CC(C)(C)C[C@H]1N([C@H](c2ccccc2)[C@@H](O)c2ccccc2)[C@@H](COCCN2CCOCC2)[C@H](c2cccc(Cl)c2F)[C@@]12C(=O)Nc1cc(Cl)ccc12. The highest BCUT2D eigenvalue weighted by Gasteiger charge is 2.69. The third-order valence-corrected chi connectivity index (χ3v) is 11.7. The van der Waals surface area contributed by atoms with Crippen molar-refractivity contribution < 1.29 is 23.8 Å². The molecule has 4 aromatic carbocycles. The number of amides is 1. The number of ether oxygens (including phenoxy) is 2. The van der Waals surface area contributed by atoms with Gasteiger partial charge in [-0.15, -0.1) is 0 Å². The van der Waals surface area contributed by atoms with E-state index in [0.29, 0.717) is 49.1 Å². The van der Waals surface area contributed by atoms with Crippen LogP contribution in [-0.4, -0.2) is 79.0 Å². The van der Waals surface area contributed by atoms with Gasteiger partial charge in [-0.1, -0.05) is 123 Å². The van der Waals surface area contributed by atoms with Crippen LogP contribution >= 0.6 is 23.2 Å². The first-order chi connectivity index (χ1) is 25.5. The molecule has 0 unspecified atom stereocenters. The largest absolute Gasteiger partial charge is 0.386 e.